The number of hydrogen-bond donors (Lipinski definition) is 0. The minimum Gasteiger partial charge on any atom is -0.339 e. The van der Waals surface area contributed by atoms with Crippen LogP contribution in [-0.2, 0) is 21.2 Å². The van der Waals surface area contributed by atoms with E-state index in [-0.39, 0.29) is 41.8 Å². The van der Waals surface area contributed by atoms with Crippen molar-refractivity contribution >= 4 is 38.9 Å². The van der Waals surface area contributed by atoms with E-state index in [1.165, 1.54) is 33.4 Å². The van der Waals surface area contributed by atoms with Gasteiger partial charge in [0.2, 0.25) is 15.9 Å². The number of piperazine rings is 1. The van der Waals surface area contributed by atoms with Crippen LogP contribution < -0.4 is 0 Å². The first kappa shape index (κ1) is 25.4. The Kier molecular flexibility index (Phi) is 7.20. The van der Waals surface area contributed by atoms with Gasteiger partial charge >= 0.3 is 0 Å². The zero-order valence-corrected chi connectivity index (χ0v) is 22.2. The summed E-state index contributed by atoms with van der Waals surface area (Å²) in [6.45, 7) is 3.56. The highest BCUT2D eigenvalue weighted by Gasteiger charge is 2.37. The number of nitrogens with zero attached hydrogens (tertiary/aromatic N) is 3. The van der Waals surface area contributed by atoms with Gasteiger partial charge in [0.1, 0.15) is 5.82 Å². The van der Waals surface area contributed by atoms with Crippen molar-refractivity contribution in [2.75, 3.05) is 32.7 Å². The van der Waals surface area contributed by atoms with Crippen LogP contribution in [0, 0.1) is 5.82 Å². The molecule has 1 fully saturated rings. The summed E-state index contributed by atoms with van der Waals surface area (Å²) in [5, 5.41) is 2.52. The molecule has 0 radical (unpaired) electrons. The van der Waals surface area contributed by atoms with Gasteiger partial charge in [-0.3, -0.25) is 9.69 Å². The molecular weight excluding hydrogens is 521 g/mol. The van der Waals surface area contributed by atoms with Gasteiger partial charge in [0.15, 0.2) is 0 Å². The zero-order valence-electron chi connectivity index (χ0n) is 19.8. The van der Waals surface area contributed by atoms with E-state index in [9.17, 15) is 17.6 Å². The summed E-state index contributed by atoms with van der Waals surface area (Å²) in [5.41, 5.74) is 1.95. The predicted octanol–water partition coefficient (Wildman–Crippen LogP) is 4.41. The van der Waals surface area contributed by atoms with Crippen LogP contribution >= 0.6 is 22.9 Å². The second-order valence-electron chi connectivity index (χ2n) is 9.24. The molecule has 36 heavy (non-hydrogen) atoms. The van der Waals surface area contributed by atoms with Crippen LogP contribution in [0.4, 0.5) is 4.39 Å². The third kappa shape index (κ3) is 4.95. The summed E-state index contributed by atoms with van der Waals surface area (Å²) in [4.78, 5) is 18.7. The number of hydrogen-bond acceptors (Lipinski definition) is 5. The third-order valence-corrected chi connectivity index (χ3v) is 10.2. The standard InChI is InChI=1S/C26H27ClFN3O3S2/c1-18-16-29(12-13-31(18)36(33,34)22-7-5-20(27)6-8-22)25(32)17-30-11-9-24-23(10-14-35-24)26(30)19-3-2-4-21(28)15-19/h2-8,10,14-15,18,26H,9,11-13,16-17H2,1H3. The Morgan fingerprint density at radius 1 is 1.11 bits per heavy atom. The molecule has 10 heteroatoms. The SMILES string of the molecule is CC1CN(C(=O)CN2CCc3sccc3C2c2cccc(F)c2)CCN1S(=O)(=O)c1ccc(Cl)cc1. The first-order chi connectivity index (χ1) is 17.2. The topological polar surface area (TPSA) is 60.9 Å². The average Bonchev–Trinajstić information content (AvgIpc) is 3.33. The fourth-order valence-corrected chi connectivity index (χ4v) is 7.79. The summed E-state index contributed by atoms with van der Waals surface area (Å²) in [7, 11) is -3.69. The van der Waals surface area contributed by atoms with Gasteiger partial charge in [-0.2, -0.15) is 4.31 Å². The van der Waals surface area contributed by atoms with Crippen molar-refractivity contribution in [2.24, 2.45) is 0 Å². The second kappa shape index (κ2) is 10.2. The highest BCUT2D eigenvalue weighted by Crippen LogP contribution is 2.38. The number of sulfonamides is 1. The average molecular weight is 548 g/mol. The second-order valence-corrected chi connectivity index (χ2v) is 12.6. The van der Waals surface area contributed by atoms with Crippen molar-refractivity contribution in [3.63, 3.8) is 0 Å². The van der Waals surface area contributed by atoms with E-state index in [2.05, 4.69) is 11.0 Å². The summed E-state index contributed by atoms with van der Waals surface area (Å²) in [5.74, 6) is -0.349. The molecule has 6 nitrogen and oxygen atoms in total. The van der Waals surface area contributed by atoms with Gasteiger partial charge in [0, 0.05) is 42.1 Å². The van der Waals surface area contributed by atoms with Crippen LogP contribution in [0.25, 0.3) is 0 Å². The lowest BCUT2D eigenvalue weighted by molar-refractivity contribution is -0.135. The van der Waals surface area contributed by atoms with Crippen LogP contribution in [0.15, 0.2) is 64.9 Å². The molecule has 0 saturated carbocycles. The lowest BCUT2D eigenvalue weighted by Crippen LogP contribution is -2.57. The molecule has 2 atom stereocenters. The van der Waals surface area contributed by atoms with Crippen molar-refractivity contribution in [3.05, 3.63) is 86.8 Å². The normalized spacial score (nSPS) is 21.4. The fourth-order valence-electron chi connectivity index (χ4n) is 5.15. The van der Waals surface area contributed by atoms with Crippen LogP contribution in [0.2, 0.25) is 5.02 Å². The van der Waals surface area contributed by atoms with E-state index >= 15 is 0 Å². The van der Waals surface area contributed by atoms with Crippen LogP contribution in [-0.4, -0.2) is 67.2 Å². The lowest BCUT2D eigenvalue weighted by atomic mass is 9.93. The van der Waals surface area contributed by atoms with Crippen molar-refractivity contribution in [2.45, 2.75) is 30.3 Å². The van der Waals surface area contributed by atoms with Crippen LogP contribution in [0.5, 0.6) is 0 Å². The van der Waals surface area contributed by atoms with E-state index in [1.54, 1.807) is 34.4 Å². The Balaban J connectivity index is 1.30. The smallest absolute Gasteiger partial charge is 0.243 e. The van der Waals surface area contributed by atoms with Crippen LogP contribution in [0.1, 0.15) is 29.0 Å². The fraction of sp³-hybridized carbons (Fsp3) is 0.346. The first-order valence-corrected chi connectivity index (χ1v) is 14.5. The van der Waals surface area contributed by atoms with E-state index in [1.807, 2.05) is 18.4 Å². The van der Waals surface area contributed by atoms with Crippen molar-refractivity contribution < 1.29 is 17.6 Å². The first-order valence-electron chi connectivity index (χ1n) is 11.8. The highest BCUT2D eigenvalue weighted by molar-refractivity contribution is 7.89. The summed E-state index contributed by atoms with van der Waals surface area (Å²) in [6, 6.07) is 14.2. The number of fused-ring (bicyclic) bond motifs is 1. The summed E-state index contributed by atoms with van der Waals surface area (Å²) < 4.78 is 41.8. The molecule has 2 aromatic carbocycles. The Morgan fingerprint density at radius 2 is 1.89 bits per heavy atom. The molecule has 5 rings (SSSR count). The molecule has 3 heterocycles. The molecule has 0 bridgehead atoms. The maximum absolute atomic E-state index is 14.1. The number of halogens is 2. The quantitative estimate of drug-likeness (QED) is 0.475. The van der Waals surface area contributed by atoms with Gasteiger partial charge in [-0.15, -0.1) is 11.3 Å². The van der Waals surface area contributed by atoms with Gasteiger partial charge in [0.05, 0.1) is 17.5 Å². The Hall–Kier alpha value is -2.30. The minimum absolute atomic E-state index is 0.0505. The van der Waals surface area contributed by atoms with E-state index < -0.39 is 10.0 Å². The lowest BCUT2D eigenvalue weighted by Gasteiger charge is -2.41. The predicted molar refractivity (Wildman–Crippen MR) is 139 cm³/mol. The van der Waals surface area contributed by atoms with E-state index in [4.69, 9.17) is 11.6 Å². The van der Waals surface area contributed by atoms with Crippen molar-refractivity contribution in [3.8, 4) is 0 Å². The van der Waals surface area contributed by atoms with Crippen molar-refractivity contribution in [1.82, 2.24) is 14.1 Å². The molecule has 0 aliphatic carbocycles. The number of benzene rings is 2. The Labute approximate surface area is 219 Å². The Bertz CT molecular complexity index is 1360. The third-order valence-electron chi connectivity index (χ3n) is 6.91. The van der Waals surface area contributed by atoms with Gasteiger partial charge in [-0.05, 0) is 72.3 Å². The minimum atomic E-state index is -3.69. The molecule has 1 aromatic heterocycles. The molecular formula is C26H27ClFN3O3S2. The van der Waals surface area contributed by atoms with Crippen LogP contribution in [0.3, 0.4) is 0 Å². The number of thiophene rings is 1. The number of amides is 1. The number of carbonyl (C=O) groups excluding carboxylic acids is 1. The van der Waals surface area contributed by atoms with Gasteiger partial charge in [-0.25, -0.2) is 12.8 Å². The molecule has 2 unspecified atom stereocenters. The maximum Gasteiger partial charge on any atom is 0.243 e. The molecule has 0 spiro atoms. The Morgan fingerprint density at radius 3 is 2.61 bits per heavy atom. The molecule has 3 aromatic rings. The van der Waals surface area contributed by atoms with Gasteiger partial charge in [0.25, 0.3) is 0 Å². The molecule has 1 amide bonds. The molecule has 0 N–H and O–H groups in total. The summed E-state index contributed by atoms with van der Waals surface area (Å²) >= 11 is 7.61. The van der Waals surface area contributed by atoms with Crippen molar-refractivity contribution in [1.29, 1.82) is 0 Å². The van der Waals surface area contributed by atoms with Gasteiger partial charge < -0.3 is 4.90 Å². The zero-order chi connectivity index (χ0) is 25.4. The van der Waals surface area contributed by atoms with Gasteiger partial charge in [-0.1, -0.05) is 23.7 Å². The monoisotopic (exact) mass is 547 g/mol. The van der Waals surface area contributed by atoms with E-state index in [0.717, 1.165) is 17.5 Å². The molecule has 1 saturated heterocycles. The number of rotatable bonds is 5. The molecule has 2 aliphatic heterocycles. The number of carbonyl (C=O) groups is 1. The maximum atomic E-state index is 14.1. The summed E-state index contributed by atoms with van der Waals surface area (Å²) in [6.07, 6.45) is 0.843. The highest BCUT2D eigenvalue weighted by atomic mass is 35.5. The molecule has 190 valence electrons. The largest absolute Gasteiger partial charge is 0.339 e. The van der Waals surface area contributed by atoms with E-state index in [0.29, 0.717) is 24.7 Å². The molecule has 2 aliphatic rings.